The summed E-state index contributed by atoms with van der Waals surface area (Å²) >= 11 is 0. The van der Waals surface area contributed by atoms with Crippen LogP contribution in [0.1, 0.15) is 13.3 Å². The van der Waals surface area contributed by atoms with Crippen molar-refractivity contribution in [3.8, 4) is 0 Å². The molecule has 0 aromatic heterocycles. The van der Waals surface area contributed by atoms with Crippen LogP contribution in [0.3, 0.4) is 0 Å². The molecule has 66 valence electrons. The molecule has 1 atom stereocenters. The number of allylic oxidation sites excluding steroid dienone is 1. The topological polar surface area (TPSA) is 63.6 Å². The average Bonchev–Trinajstić information content (AvgIpc) is 2.35. The molecule has 0 fully saturated rings. The third kappa shape index (κ3) is 2.13. The minimum atomic E-state index is -2.68. The Morgan fingerprint density at radius 3 is 2.67 bits per heavy atom. The second-order valence-corrected chi connectivity index (χ2v) is 5.03. The van der Waals surface area contributed by atoms with Crippen molar-refractivity contribution in [1.82, 2.24) is 0 Å². The summed E-state index contributed by atoms with van der Waals surface area (Å²) in [5, 5.41) is 0. The second kappa shape index (κ2) is 3.33. The van der Waals surface area contributed by atoms with Gasteiger partial charge in [0.1, 0.15) is 12.0 Å². The molecule has 0 aromatic rings. The fourth-order valence-electron chi connectivity index (χ4n) is 0.857. The molecule has 0 aliphatic carbocycles. The maximum absolute atomic E-state index is 10.8. The van der Waals surface area contributed by atoms with Gasteiger partial charge in [0.25, 0.3) is 0 Å². The summed E-state index contributed by atoms with van der Waals surface area (Å²) in [6.45, 7) is 1.12. The lowest BCUT2D eigenvalue weighted by atomic mass is 10.5. The molecular formula is C7H10O4P+. The summed E-state index contributed by atoms with van der Waals surface area (Å²) in [5.74, 6) is -0.130. The van der Waals surface area contributed by atoms with Crippen LogP contribution in [-0.2, 0) is 14.1 Å². The van der Waals surface area contributed by atoms with Gasteiger partial charge in [0, 0.05) is 13.3 Å². The first-order chi connectivity index (χ1) is 5.53. The summed E-state index contributed by atoms with van der Waals surface area (Å²) in [4.78, 5) is 30.8. The van der Waals surface area contributed by atoms with Crippen molar-refractivity contribution in [2.45, 2.75) is 13.3 Å². The SMILES string of the molecule is CC(=O)C(=O)O[P+]1(O)C=CCC1. The number of ketones is 1. The molecule has 1 rings (SSSR count). The Kier molecular flexibility index (Phi) is 2.60. The fraction of sp³-hybridized carbons (Fsp3) is 0.429. The standard InChI is InChI=1S/C7H10O4P/c1-6(8)7(9)11-12(10)4-2-3-5-12/h2,4,10H,3,5H2,1H3/q+1. The Bertz CT molecular complexity index is 248. The van der Waals surface area contributed by atoms with Crippen LogP contribution in [-0.4, -0.2) is 22.8 Å². The molecule has 5 heteroatoms. The van der Waals surface area contributed by atoms with E-state index in [1.54, 1.807) is 6.08 Å². The van der Waals surface area contributed by atoms with Crippen molar-refractivity contribution in [2.75, 3.05) is 6.16 Å². The van der Waals surface area contributed by atoms with Crippen LogP contribution in [0.4, 0.5) is 0 Å². The van der Waals surface area contributed by atoms with Gasteiger partial charge < -0.3 is 0 Å². The summed E-state index contributed by atoms with van der Waals surface area (Å²) in [6.07, 6.45) is 2.89. The highest BCUT2D eigenvalue weighted by Gasteiger charge is 2.42. The van der Waals surface area contributed by atoms with Gasteiger partial charge in [-0.1, -0.05) is 0 Å². The quantitative estimate of drug-likeness (QED) is 0.517. The lowest BCUT2D eigenvalue weighted by molar-refractivity contribution is -0.146. The first kappa shape index (κ1) is 9.36. The molecule has 1 N–H and O–H groups in total. The molecule has 0 saturated carbocycles. The van der Waals surface area contributed by atoms with Crippen LogP contribution in [0.15, 0.2) is 11.9 Å². The Morgan fingerprint density at radius 2 is 2.25 bits per heavy atom. The van der Waals surface area contributed by atoms with E-state index in [2.05, 4.69) is 4.52 Å². The Balaban J connectivity index is 2.56. The zero-order valence-corrected chi connectivity index (χ0v) is 7.58. The molecule has 1 unspecified atom stereocenters. The van der Waals surface area contributed by atoms with E-state index in [9.17, 15) is 14.5 Å². The van der Waals surface area contributed by atoms with Crippen LogP contribution < -0.4 is 0 Å². The number of rotatable bonds is 2. The first-order valence-electron chi connectivity index (χ1n) is 3.56. The minimum absolute atomic E-state index is 0.437. The van der Waals surface area contributed by atoms with Crippen molar-refractivity contribution in [3.63, 3.8) is 0 Å². The van der Waals surface area contributed by atoms with Crippen LogP contribution in [0.5, 0.6) is 0 Å². The maximum atomic E-state index is 10.8. The number of carbonyl (C=O) groups is 2. The largest absolute Gasteiger partial charge is 0.420 e. The third-order valence-corrected chi connectivity index (χ3v) is 3.54. The zero-order valence-electron chi connectivity index (χ0n) is 6.69. The molecule has 1 aliphatic heterocycles. The predicted molar refractivity (Wildman–Crippen MR) is 44.5 cm³/mol. The van der Waals surface area contributed by atoms with E-state index in [-0.39, 0.29) is 0 Å². The summed E-state index contributed by atoms with van der Waals surface area (Å²) in [5.41, 5.74) is 0. The van der Waals surface area contributed by atoms with Crippen LogP contribution in [0, 0.1) is 0 Å². The van der Waals surface area contributed by atoms with Crippen LogP contribution in [0.2, 0.25) is 0 Å². The van der Waals surface area contributed by atoms with E-state index in [4.69, 9.17) is 0 Å². The van der Waals surface area contributed by atoms with Gasteiger partial charge in [-0.15, -0.1) is 0 Å². The molecule has 12 heavy (non-hydrogen) atoms. The second-order valence-electron chi connectivity index (χ2n) is 2.59. The summed E-state index contributed by atoms with van der Waals surface area (Å²) in [7, 11) is -2.68. The van der Waals surface area contributed by atoms with Gasteiger partial charge in [-0.2, -0.15) is 0 Å². The highest BCUT2D eigenvalue weighted by atomic mass is 31.2. The molecule has 1 aliphatic rings. The maximum Gasteiger partial charge on any atom is 0.420 e. The van der Waals surface area contributed by atoms with Crippen molar-refractivity contribution in [3.05, 3.63) is 11.9 Å². The number of Topliss-reactive ketones (excluding diaryl/α,β-unsaturated/α-hetero) is 1. The van der Waals surface area contributed by atoms with Crippen LogP contribution in [0.25, 0.3) is 0 Å². The normalized spacial score (nSPS) is 27.2. The molecule has 0 radical (unpaired) electrons. The highest BCUT2D eigenvalue weighted by molar-refractivity contribution is 7.69. The van der Waals surface area contributed by atoms with E-state index in [0.717, 1.165) is 6.92 Å². The van der Waals surface area contributed by atoms with E-state index in [1.807, 2.05) is 0 Å². The van der Waals surface area contributed by atoms with E-state index < -0.39 is 19.5 Å². The van der Waals surface area contributed by atoms with Gasteiger partial charge in [-0.25, -0.2) is 9.69 Å². The zero-order chi connectivity index (χ0) is 9.19. The van der Waals surface area contributed by atoms with Crippen molar-refractivity contribution < 1.29 is 19.0 Å². The third-order valence-electron chi connectivity index (χ3n) is 1.48. The fourth-order valence-corrected chi connectivity index (χ4v) is 2.57. The molecule has 0 amide bonds. The average molecular weight is 189 g/mol. The van der Waals surface area contributed by atoms with Gasteiger partial charge in [-0.05, 0) is 6.08 Å². The smallest absolute Gasteiger partial charge is 0.287 e. The van der Waals surface area contributed by atoms with Crippen LogP contribution >= 0.6 is 7.72 Å². The molecule has 0 saturated heterocycles. The molecule has 4 nitrogen and oxygen atoms in total. The number of hydrogen-bond donors (Lipinski definition) is 1. The van der Waals surface area contributed by atoms with E-state index in [1.165, 1.54) is 5.82 Å². The van der Waals surface area contributed by atoms with Gasteiger partial charge in [0.2, 0.25) is 5.78 Å². The van der Waals surface area contributed by atoms with Gasteiger partial charge >= 0.3 is 13.7 Å². The molecular weight excluding hydrogens is 179 g/mol. The molecule has 1 heterocycles. The Labute approximate surface area is 70.7 Å². The van der Waals surface area contributed by atoms with Gasteiger partial charge in [0.15, 0.2) is 0 Å². The van der Waals surface area contributed by atoms with E-state index in [0.29, 0.717) is 12.6 Å². The number of carbonyl (C=O) groups excluding carboxylic acids is 2. The lowest BCUT2D eigenvalue weighted by Gasteiger charge is -2.07. The predicted octanol–water partition coefficient (Wildman–Crippen LogP) is 0.876. The summed E-state index contributed by atoms with van der Waals surface area (Å²) < 4.78 is 4.65. The van der Waals surface area contributed by atoms with Crippen molar-refractivity contribution >= 4 is 19.5 Å². The molecule has 0 bridgehead atoms. The highest BCUT2D eigenvalue weighted by Crippen LogP contribution is 2.60. The van der Waals surface area contributed by atoms with Gasteiger partial charge in [-0.3, -0.25) is 9.32 Å². The first-order valence-corrected chi connectivity index (χ1v) is 5.47. The Morgan fingerprint density at radius 1 is 1.58 bits per heavy atom. The van der Waals surface area contributed by atoms with Crippen molar-refractivity contribution in [1.29, 1.82) is 0 Å². The lowest BCUT2D eigenvalue weighted by Crippen LogP contribution is -2.14. The minimum Gasteiger partial charge on any atom is -0.287 e. The number of hydrogen-bond acceptors (Lipinski definition) is 4. The molecule has 0 aromatic carbocycles. The monoisotopic (exact) mass is 189 g/mol. The Hall–Kier alpha value is -0.730. The van der Waals surface area contributed by atoms with Gasteiger partial charge in [0.05, 0.1) is 0 Å². The summed E-state index contributed by atoms with van der Waals surface area (Å²) in [6, 6.07) is 0. The molecule has 0 spiro atoms. The van der Waals surface area contributed by atoms with E-state index >= 15 is 0 Å². The van der Waals surface area contributed by atoms with Crippen molar-refractivity contribution in [2.24, 2.45) is 0 Å².